The molecule has 2 N–H and O–H groups in total. The molecule has 0 aromatic heterocycles. The topological polar surface area (TPSA) is 96.4 Å². The largest absolute Gasteiger partial charge is 0.439 e. The summed E-state index contributed by atoms with van der Waals surface area (Å²) in [6, 6.07) is 23.6. The van der Waals surface area contributed by atoms with E-state index in [1.165, 1.54) is 4.31 Å². The van der Waals surface area contributed by atoms with Crippen LogP contribution in [0.3, 0.4) is 0 Å². The van der Waals surface area contributed by atoms with Gasteiger partial charge in [-0.3, -0.25) is 4.31 Å². The van der Waals surface area contributed by atoms with Crippen LogP contribution < -0.4 is 10.0 Å². The summed E-state index contributed by atoms with van der Waals surface area (Å²) in [5.41, 5.74) is 9.70. The summed E-state index contributed by atoms with van der Waals surface area (Å²) in [6.45, 7) is 2.10. The fourth-order valence-electron chi connectivity index (χ4n) is 4.36. The van der Waals surface area contributed by atoms with Crippen LogP contribution in [0, 0.1) is 18.3 Å². The maximum Gasteiger partial charge on any atom is 0.265 e. The first-order valence-electron chi connectivity index (χ1n) is 10.6. The second-order valence-electron chi connectivity index (χ2n) is 8.19. The van der Waals surface area contributed by atoms with Gasteiger partial charge in [0.05, 0.1) is 18.2 Å². The number of fused-ring (bicyclic) bond motifs is 2. The Balaban J connectivity index is 1.76. The molecule has 5 rings (SSSR count). The van der Waals surface area contributed by atoms with E-state index in [-0.39, 0.29) is 28.7 Å². The molecule has 6 nitrogen and oxygen atoms in total. The number of benzene rings is 3. The molecule has 2 aliphatic rings. The van der Waals surface area contributed by atoms with E-state index in [2.05, 4.69) is 6.07 Å². The number of nitrogens with two attached hydrogens (primary N) is 1. The third-order valence-electron chi connectivity index (χ3n) is 5.99. The minimum Gasteiger partial charge on any atom is -0.439 e. The average Bonchev–Trinajstić information content (AvgIpc) is 2.82. The minimum absolute atomic E-state index is 0.0219. The van der Waals surface area contributed by atoms with Crippen LogP contribution in [0.1, 0.15) is 28.2 Å². The number of nitriles is 1. The molecule has 34 heavy (non-hydrogen) atoms. The summed E-state index contributed by atoms with van der Waals surface area (Å²) in [5.74, 6) is -0.938. The Bertz CT molecular complexity index is 1520. The van der Waals surface area contributed by atoms with Crippen molar-refractivity contribution in [3.8, 4) is 6.07 Å². The molecule has 2 heterocycles. The fourth-order valence-corrected chi connectivity index (χ4v) is 6.47. The van der Waals surface area contributed by atoms with Gasteiger partial charge in [0.1, 0.15) is 16.5 Å². The highest BCUT2D eigenvalue weighted by Crippen LogP contribution is 2.51. The van der Waals surface area contributed by atoms with Gasteiger partial charge in [0.25, 0.3) is 10.0 Å². The molecule has 3 aromatic rings. The van der Waals surface area contributed by atoms with E-state index in [9.17, 15) is 13.7 Å². The lowest BCUT2D eigenvalue weighted by Gasteiger charge is -2.38. The molecule has 0 amide bonds. The molecule has 3 aromatic carbocycles. The predicted molar refractivity (Wildman–Crippen MR) is 132 cm³/mol. The normalized spacial score (nSPS) is 18.6. The number of ether oxygens (including phenoxy) is 1. The Morgan fingerprint density at radius 1 is 1.09 bits per heavy atom. The van der Waals surface area contributed by atoms with E-state index in [1.807, 2.05) is 37.3 Å². The van der Waals surface area contributed by atoms with E-state index >= 15 is 0 Å². The number of hydrogen-bond acceptors (Lipinski definition) is 5. The number of nitrogens with zero attached hydrogens (tertiary/aromatic N) is 2. The molecule has 1 atom stereocenters. The van der Waals surface area contributed by atoms with Crippen molar-refractivity contribution in [2.45, 2.75) is 19.4 Å². The van der Waals surface area contributed by atoms with E-state index in [0.717, 1.165) is 11.1 Å². The number of sulfonamides is 1. The summed E-state index contributed by atoms with van der Waals surface area (Å²) in [6.07, 6.45) is 0. The van der Waals surface area contributed by atoms with Crippen LogP contribution in [0.25, 0.3) is 5.76 Å². The zero-order valence-corrected chi connectivity index (χ0v) is 19.8. The number of allylic oxidation sites excluding steroid dienone is 2. The minimum atomic E-state index is -4.12. The van der Waals surface area contributed by atoms with Crippen molar-refractivity contribution in [3.05, 3.63) is 116 Å². The molecule has 0 fully saturated rings. The first kappa shape index (κ1) is 22.1. The van der Waals surface area contributed by atoms with Gasteiger partial charge in [-0.1, -0.05) is 65.7 Å². The molecule has 0 saturated carbocycles. The second kappa shape index (κ2) is 8.24. The van der Waals surface area contributed by atoms with Gasteiger partial charge in [0, 0.05) is 10.6 Å². The molecule has 0 spiro atoms. The van der Waals surface area contributed by atoms with Crippen LogP contribution in [0.5, 0.6) is 0 Å². The Labute approximate surface area is 203 Å². The first-order chi connectivity index (χ1) is 16.3. The highest BCUT2D eigenvalue weighted by molar-refractivity contribution is 7.96. The van der Waals surface area contributed by atoms with Gasteiger partial charge in [-0.25, -0.2) is 8.42 Å². The fraction of sp³-hybridized carbons (Fsp3) is 0.115. The third-order valence-corrected chi connectivity index (χ3v) is 8.10. The highest BCUT2D eigenvalue weighted by atomic mass is 35.5. The van der Waals surface area contributed by atoms with Crippen LogP contribution in [-0.2, 0) is 21.3 Å². The standard InChI is InChI=1S/C26H20ClN3O3S/c1-16-9-11-17(12-10-16)15-30-22-8-3-2-7-20(22)24-25(34(30,31)32)23(21(14-28)26(29)33-24)18-5-4-6-19(27)13-18/h2-13,23H,15,29H2,1H3. The van der Waals surface area contributed by atoms with Gasteiger partial charge < -0.3 is 10.5 Å². The van der Waals surface area contributed by atoms with Crippen molar-refractivity contribution < 1.29 is 13.2 Å². The summed E-state index contributed by atoms with van der Waals surface area (Å²) < 4.78 is 35.6. The smallest absolute Gasteiger partial charge is 0.265 e. The average molecular weight is 490 g/mol. The number of aryl methyl sites for hydroxylation is 1. The van der Waals surface area contributed by atoms with Crippen molar-refractivity contribution in [2.75, 3.05) is 4.31 Å². The number of rotatable bonds is 3. The zero-order chi connectivity index (χ0) is 24.0. The molecule has 0 radical (unpaired) electrons. The maximum atomic E-state index is 14.2. The maximum absolute atomic E-state index is 14.2. The van der Waals surface area contributed by atoms with Crippen molar-refractivity contribution in [1.82, 2.24) is 0 Å². The number of anilines is 1. The Morgan fingerprint density at radius 3 is 2.53 bits per heavy atom. The van der Waals surface area contributed by atoms with Gasteiger partial charge >= 0.3 is 0 Å². The predicted octanol–water partition coefficient (Wildman–Crippen LogP) is 5.17. The van der Waals surface area contributed by atoms with Gasteiger partial charge in [-0.05, 0) is 42.3 Å². The number of para-hydroxylation sites is 1. The summed E-state index contributed by atoms with van der Waals surface area (Å²) in [5, 5.41) is 10.3. The summed E-state index contributed by atoms with van der Waals surface area (Å²) >= 11 is 6.23. The van der Waals surface area contributed by atoms with Crippen molar-refractivity contribution >= 4 is 33.1 Å². The van der Waals surface area contributed by atoms with Crippen LogP contribution >= 0.6 is 11.6 Å². The Hall–Kier alpha value is -3.73. The van der Waals surface area contributed by atoms with Crippen LogP contribution in [0.4, 0.5) is 5.69 Å². The molecular formula is C26H20ClN3O3S. The molecule has 0 aliphatic carbocycles. The lowest BCUT2D eigenvalue weighted by Crippen LogP contribution is -2.39. The SMILES string of the molecule is Cc1ccc(CN2c3ccccc3C3=C(C(c4cccc(Cl)c4)C(C#N)=C(N)O3)S2(=O)=O)cc1. The molecule has 170 valence electrons. The molecule has 2 aliphatic heterocycles. The Kier molecular flexibility index (Phi) is 5.35. The number of hydrogen-bond donors (Lipinski definition) is 1. The molecule has 1 unspecified atom stereocenters. The van der Waals surface area contributed by atoms with E-state index < -0.39 is 15.9 Å². The number of halogens is 1. The van der Waals surface area contributed by atoms with Gasteiger partial charge in [-0.2, -0.15) is 5.26 Å². The van der Waals surface area contributed by atoms with E-state index in [1.54, 1.807) is 42.5 Å². The van der Waals surface area contributed by atoms with Crippen molar-refractivity contribution in [3.63, 3.8) is 0 Å². The van der Waals surface area contributed by atoms with E-state index in [0.29, 0.717) is 21.8 Å². The highest BCUT2D eigenvalue weighted by Gasteiger charge is 2.47. The second-order valence-corrected chi connectivity index (χ2v) is 10.5. The third kappa shape index (κ3) is 3.52. The Morgan fingerprint density at radius 2 is 1.82 bits per heavy atom. The van der Waals surface area contributed by atoms with Crippen LogP contribution in [0.2, 0.25) is 5.02 Å². The molecule has 0 bridgehead atoms. The quantitative estimate of drug-likeness (QED) is 0.547. The lowest BCUT2D eigenvalue weighted by atomic mass is 9.88. The van der Waals surface area contributed by atoms with Crippen LogP contribution in [-0.4, -0.2) is 8.42 Å². The zero-order valence-electron chi connectivity index (χ0n) is 18.2. The summed E-state index contributed by atoms with van der Waals surface area (Å²) in [7, 11) is -4.12. The van der Waals surface area contributed by atoms with Crippen molar-refractivity contribution in [1.29, 1.82) is 5.26 Å². The van der Waals surface area contributed by atoms with Gasteiger partial charge in [0.2, 0.25) is 5.88 Å². The summed E-state index contributed by atoms with van der Waals surface area (Å²) in [4.78, 5) is -0.0219. The van der Waals surface area contributed by atoms with Crippen molar-refractivity contribution in [2.24, 2.45) is 5.73 Å². The molecular weight excluding hydrogens is 470 g/mol. The lowest BCUT2D eigenvalue weighted by molar-refractivity contribution is 0.357. The van der Waals surface area contributed by atoms with Gasteiger partial charge in [-0.15, -0.1) is 0 Å². The monoisotopic (exact) mass is 489 g/mol. The van der Waals surface area contributed by atoms with Crippen LogP contribution in [0.15, 0.2) is 89.2 Å². The molecule has 8 heteroatoms. The first-order valence-corrected chi connectivity index (χ1v) is 12.4. The molecule has 0 saturated heterocycles. The van der Waals surface area contributed by atoms with E-state index in [4.69, 9.17) is 22.1 Å². The van der Waals surface area contributed by atoms with Gasteiger partial charge in [0.15, 0.2) is 5.76 Å².